The molecule has 0 saturated carbocycles. The third-order valence-electron chi connectivity index (χ3n) is 6.18. The molecule has 0 aromatic heterocycles. The molecule has 6 heteroatoms. The predicted molar refractivity (Wildman–Crippen MR) is 134 cm³/mol. The summed E-state index contributed by atoms with van der Waals surface area (Å²) in [6.45, 7) is 6.80. The van der Waals surface area contributed by atoms with E-state index in [2.05, 4.69) is 37.4 Å². The molecule has 0 bridgehead atoms. The van der Waals surface area contributed by atoms with Crippen LogP contribution < -0.4 is 5.32 Å². The first-order chi connectivity index (χ1) is 16.3. The summed E-state index contributed by atoms with van der Waals surface area (Å²) >= 11 is 1.56. The van der Waals surface area contributed by atoms with E-state index in [1.165, 1.54) is 18.1 Å². The zero-order chi connectivity index (χ0) is 24.1. The second-order valence-electron chi connectivity index (χ2n) is 8.96. The number of carbonyl (C=O) groups excluding carboxylic acids is 1. The standard InChI is InChI=1S/C28H30FNO3S/c1-19-4-9-24(14-20(19)2)34-25-10-11-26(27(29)15-25)23-7-5-22(6-8-23)12-13-28(30-21(3)31)16-32-18-33-17-28/h4-11,14-15H,12-13,16-18H2,1-3H3,(H,30,31). The van der Waals surface area contributed by atoms with Crippen molar-refractivity contribution in [2.75, 3.05) is 20.0 Å². The maximum Gasteiger partial charge on any atom is 0.217 e. The van der Waals surface area contributed by atoms with Crippen LogP contribution in [0.1, 0.15) is 30.0 Å². The minimum atomic E-state index is -0.516. The van der Waals surface area contributed by atoms with E-state index in [0.717, 1.165) is 27.3 Å². The van der Waals surface area contributed by atoms with Crippen molar-refractivity contribution in [3.63, 3.8) is 0 Å². The van der Waals surface area contributed by atoms with Crippen molar-refractivity contribution in [1.29, 1.82) is 0 Å². The van der Waals surface area contributed by atoms with Gasteiger partial charge in [0.05, 0.1) is 18.8 Å². The number of halogens is 1. The van der Waals surface area contributed by atoms with E-state index >= 15 is 0 Å². The minimum absolute atomic E-state index is 0.0981. The maximum atomic E-state index is 15.0. The van der Waals surface area contributed by atoms with Gasteiger partial charge in [0.1, 0.15) is 12.6 Å². The summed E-state index contributed by atoms with van der Waals surface area (Å²) in [4.78, 5) is 13.6. The highest BCUT2D eigenvalue weighted by molar-refractivity contribution is 7.99. The molecule has 0 aliphatic carbocycles. The first-order valence-electron chi connectivity index (χ1n) is 11.4. The van der Waals surface area contributed by atoms with E-state index in [0.29, 0.717) is 25.2 Å². The van der Waals surface area contributed by atoms with Crippen LogP contribution in [0, 0.1) is 19.7 Å². The average Bonchev–Trinajstić information content (AvgIpc) is 2.81. The molecule has 1 saturated heterocycles. The number of nitrogens with one attached hydrogen (secondary N) is 1. The highest BCUT2D eigenvalue weighted by Crippen LogP contribution is 2.33. The topological polar surface area (TPSA) is 47.6 Å². The molecule has 1 aliphatic rings. The zero-order valence-corrected chi connectivity index (χ0v) is 20.6. The van der Waals surface area contributed by atoms with Gasteiger partial charge in [-0.3, -0.25) is 4.79 Å². The Kier molecular flexibility index (Phi) is 7.71. The molecule has 4 rings (SSSR count). The third kappa shape index (κ3) is 6.06. The molecule has 1 amide bonds. The number of carbonyl (C=O) groups is 1. The summed E-state index contributed by atoms with van der Waals surface area (Å²) < 4.78 is 25.8. The Morgan fingerprint density at radius 1 is 0.971 bits per heavy atom. The smallest absolute Gasteiger partial charge is 0.217 e. The lowest BCUT2D eigenvalue weighted by atomic mass is 9.91. The van der Waals surface area contributed by atoms with Gasteiger partial charge in [0.2, 0.25) is 5.91 Å². The van der Waals surface area contributed by atoms with Crippen LogP contribution in [-0.2, 0) is 20.7 Å². The van der Waals surface area contributed by atoms with Crippen LogP contribution in [0.3, 0.4) is 0 Å². The van der Waals surface area contributed by atoms with Crippen LogP contribution in [0.2, 0.25) is 0 Å². The average molecular weight is 480 g/mol. The number of ether oxygens (including phenoxy) is 2. The molecule has 1 heterocycles. The minimum Gasteiger partial charge on any atom is -0.353 e. The van der Waals surface area contributed by atoms with Crippen LogP contribution in [0.5, 0.6) is 0 Å². The number of rotatable bonds is 7. The third-order valence-corrected chi connectivity index (χ3v) is 7.16. The molecule has 1 N–H and O–H groups in total. The van der Waals surface area contributed by atoms with E-state index in [9.17, 15) is 9.18 Å². The summed E-state index contributed by atoms with van der Waals surface area (Å²) in [6.07, 6.45) is 1.45. The van der Waals surface area contributed by atoms with E-state index in [-0.39, 0.29) is 18.5 Å². The lowest BCUT2D eigenvalue weighted by molar-refractivity contribution is -0.153. The summed E-state index contributed by atoms with van der Waals surface area (Å²) in [5, 5.41) is 3.00. The number of benzene rings is 3. The molecule has 3 aromatic carbocycles. The highest BCUT2D eigenvalue weighted by Gasteiger charge is 2.34. The van der Waals surface area contributed by atoms with Crippen molar-refractivity contribution >= 4 is 17.7 Å². The van der Waals surface area contributed by atoms with Crippen LogP contribution in [0.25, 0.3) is 11.1 Å². The zero-order valence-electron chi connectivity index (χ0n) is 19.8. The fraction of sp³-hybridized carbons (Fsp3) is 0.321. The predicted octanol–water partition coefficient (Wildman–Crippen LogP) is 6.07. The fourth-order valence-electron chi connectivity index (χ4n) is 4.17. The molecule has 178 valence electrons. The molecule has 4 nitrogen and oxygen atoms in total. The molecule has 0 spiro atoms. The SMILES string of the molecule is CC(=O)NC1(CCc2ccc(-c3ccc(Sc4ccc(C)c(C)c4)cc3F)cc2)COCOC1. The normalized spacial score (nSPS) is 15.2. The Morgan fingerprint density at radius 2 is 1.65 bits per heavy atom. The Balaban J connectivity index is 1.42. The van der Waals surface area contributed by atoms with Crippen molar-refractivity contribution in [3.05, 3.63) is 83.2 Å². The second kappa shape index (κ2) is 10.7. The van der Waals surface area contributed by atoms with Gasteiger partial charge in [-0.05, 0) is 73.2 Å². The number of hydrogen-bond donors (Lipinski definition) is 1. The van der Waals surface area contributed by atoms with Crippen LogP contribution in [-0.4, -0.2) is 31.5 Å². The quantitative estimate of drug-likeness (QED) is 0.447. The second-order valence-corrected chi connectivity index (χ2v) is 10.1. The molecule has 3 aromatic rings. The number of amides is 1. The van der Waals surface area contributed by atoms with Gasteiger partial charge in [-0.2, -0.15) is 0 Å². The van der Waals surface area contributed by atoms with E-state index in [1.807, 2.05) is 36.4 Å². The fourth-order valence-corrected chi connectivity index (χ4v) is 5.11. The summed E-state index contributed by atoms with van der Waals surface area (Å²) in [5.41, 5.74) is 4.50. The first-order valence-corrected chi connectivity index (χ1v) is 12.2. The van der Waals surface area contributed by atoms with Crippen LogP contribution in [0.15, 0.2) is 70.5 Å². The van der Waals surface area contributed by atoms with Crippen LogP contribution in [0.4, 0.5) is 4.39 Å². The van der Waals surface area contributed by atoms with Gasteiger partial charge in [-0.25, -0.2) is 4.39 Å². The van der Waals surface area contributed by atoms with Gasteiger partial charge in [-0.1, -0.05) is 48.2 Å². The Hall–Kier alpha value is -2.67. The van der Waals surface area contributed by atoms with Gasteiger partial charge >= 0.3 is 0 Å². The maximum absolute atomic E-state index is 15.0. The van der Waals surface area contributed by atoms with Crippen molar-refractivity contribution in [3.8, 4) is 11.1 Å². The van der Waals surface area contributed by atoms with Gasteiger partial charge in [0, 0.05) is 22.3 Å². The lowest BCUT2D eigenvalue weighted by Gasteiger charge is -2.37. The summed E-state index contributed by atoms with van der Waals surface area (Å²) in [5.74, 6) is -0.332. The largest absolute Gasteiger partial charge is 0.353 e. The van der Waals surface area contributed by atoms with E-state index in [4.69, 9.17) is 9.47 Å². The molecule has 1 aliphatic heterocycles. The summed E-state index contributed by atoms with van der Waals surface area (Å²) in [7, 11) is 0. The Bertz CT molecular complexity index is 1160. The molecular weight excluding hydrogens is 449 g/mol. The molecule has 1 fully saturated rings. The lowest BCUT2D eigenvalue weighted by Crippen LogP contribution is -2.57. The van der Waals surface area contributed by atoms with Crippen molar-refractivity contribution in [2.45, 2.75) is 48.9 Å². The van der Waals surface area contributed by atoms with Crippen molar-refractivity contribution in [2.24, 2.45) is 0 Å². The van der Waals surface area contributed by atoms with Crippen molar-refractivity contribution in [1.82, 2.24) is 5.32 Å². The molecule has 34 heavy (non-hydrogen) atoms. The van der Waals surface area contributed by atoms with Crippen LogP contribution >= 0.6 is 11.8 Å². The molecular formula is C28H30FNO3S. The van der Waals surface area contributed by atoms with Crippen molar-refractivity contribution < 1.29 is 18.7 Å². The number of hydrogen-bond acceptors (Lipinski definition) is 4. The summed E-state index contributed by atoms with van der Waals surface area (Å²) in [6, 6.07) is 19.6. The van der Waals surface area contributed by atoms with Gasteiger partial charge in [-0.15, -0.1) is 0 Å². The first kappa shape index (κ1) is 24.5. The van der Waals surface area contributed by atoms with Gasteiger partial charge in [0.15, 0.2) is 0 Å². The Labute approximate surface area is 204 Å². The monoisotopic (exact) mass is 479 g/mol. The van der Waals surface area contributed by atoms with Gasteiger partial charge in [0.25, 0.3) is 0 Å². The highest BCUT2D eigenvalue weighted by atomic mass is 32.2. The Morgan fingerprint density at radius 3 is 2.29 bits per heavy atom. The van der Waals surface area contributed by atoms with Gasteiger partial charge < -0.3 is 14.8 Å². The van der Waals surface area contributed by atoms with E-state index in [1.54, 1.807) is 17.8 Å². The molecule has 0 atom stereocenters. The molecule has 0 radical (unpaired) electrons. The van der Waals surface area contributed by atoms with E-state index < -0.39 is 5.54 Å². The molecule has 0 unspecified atom stereocenters. The number of aryl methyl sites for hydroxylation is 3.